The molecule has 4 nitrogen and oxygen atoms in total. The molecule has 1 aliphatic rings. The number of ether oxygens (including phenoxy) is 1. The number of halogens is 1. The van der Waals surface area contributed by atoms with Crippen molar-refractivity contribution < 1.29 is 19.0 Å². The van der Waals surface area contributed by atoms with Gasteiger partial charge in [0.15, 0.2) is 0 Å². The van der Waals surface area contributed by atoms with Crippen molar-refractivity contribution in [3.8, 4) is 5.75 Å². The van der Waals surface area contributed by atoms with Crippen LogP contribution < -0.4 is 0 Å². The zero-order chi connectivity index (χ0) is 18.8. The summed E-state index contributed by atoms with van der Waals surface area (Å²) in [5.74, 6) is -0.339. The SMILES string of the molecule is O=C(c1cc2c(F)cccc2s1)N(Cc1ccccc1O)CC1CCCO1. The van der Waals surface area contributed by atoms with Crippen molar-refractivity contribution in [2.45, 2.75) is 25.5 Å². The van der Waals surface area contributed by atoms with Crippen LogP contribution in [0.25, 0.3) is 10.1 Å². The van der Waals surface area contributed by atoms with E-state index in [-0.39, 0.29) is 30.1 Å². The van der Waals surface area contributed by atoms with E-state index in [1.165, 1.54) is 17.4 Å². The number of hydrogen-bond acceptors (Lipinski definition) is 4. The number of benzene rings is 2. The smallest absolute Gasteiger partial charge is 0.264 e. The number of carbonyl (C=O) groups is 1. The molecule has 1 atom stereocenters. The van der Waals surface area contributed by atoms with Crippen molar-refractivity contribution in [2.24, 2.45) is 0 Å². The molecule has 27 heavy (non-hydrogen) atoms. The number of fused-ring (bicyclic) bond motifs is 1. The number of para-hydroxylation sites is 1. The molecule has 1 unspecified atom stereocenters. The predicted molar refractivity (Wildman–Crippen MR) is 104 cm³/mol. The molecule has 1 N–H and O–H groups in total. The molecule has 1 aromatic heterocycles. The summed E-state index contributed by atoms with van der Waals surface area (Å²) < 4.78 is 20.5. The molecule has 1 aliphatic heterocycles. The van der Waals surface area contributed by atoms with E-state index in [2.05, 4.69) is 0 Å². The monoisotopic (exact) mass is 385 g/mol. The molecule has 2 aromatic carbocycles. The Morgan fingerprint density at radius 1 is 1.26 bits per heavy atom. The average molecular weight is 385 g/mol. The van der Waals surface area contributed by atoms with Gasteiger partial charge in [0.05, 0.1) is 11.0 Å². The Hall–Kier alpha value is -2.44. The zero-order valence-corrected chi connectivity index (χ0v) is 15.5. The van der Waals surface area contributed by atoms with Gasteiger partial charge in [-0.15, -0.1) is 11.3 Å². The Morgan fingerprint density at radius 2 is 2.11 bits per heavy atom. The second kappa shape index (κ2) is 7.66. The summed E-state index contributed by atoms with van der Waals surface area (Å²) in [5.41, 5.74) is 0.677. The number of hydrogen-bond donors (Lipinski definition) is 1. The lowest BCUT2D eigenvalue weighted by molar-refractivity contribution is 0.0509. The van der Waals surface area contributed by atoms with Crippen LogP contribution in [-0.4, -0.2) is 35.2 Å². The van der Waals surface area contributed by atoms with Gasteiger partial charge in [0.2, 0.25) is 0 Å². The fourth-order valence-corrected chi connectivity index (χ4v) is 4.43. The lowest BCUT2D eigenvalue weighted by Gasteiger charge is -2.25. The molecule has 1 amide bonds. The summed E-state index contributed by atoms with van der Waals surface area (Å²) in [6.07, 6.45) is 1.88. The first-order valence-corrected chi connectivity index (χ1v) is 9.79. The standard InChI is InChI=1S/C21H20FNO3S/c22-17-7-3-9-19-16(17)11-20(27-19)21(25)23(13-15-6-4-10-26-15)12-14-5-1-2-8-18(14)24/h1-3,5,7-9,11,15,24H,4,6,10,12-13H2. The number of aromatic hydroxyl groups is 1. The van der Waals surface area contributed by atoms with Crippen LogP contribution in [0.3, 0.4) is 0 Å². The van der Waals surface area contributed by atoms with E-state index in [1.807, 2.05) is 12.1 Å². The summed E-state index contributed by atoms with van der Waals surface area (Å²) in [7, 11) is 0. The van der Waals surface area contributed by atoms with Crippen LogP contribution in [0.4, 0.5) is 4.39 Å². The molecule has 0 radical (unpaired) electrons. The number of rotatable bonds is 5. The van der Waals surface area contributed by atoms with Gasteiger partial charge in [-0.05, 0) is 37.1 Å². The van der Waals surface area contributed by atoms with Gasteiger partial charge in [-0.25, -0.2) is 4.39 Å². The lowest BCUT2D eigenvalue weighted by atomic mass is 10.1. The first-order valence-electron chi connectivity index (χ1n) is 8.97. The van der Waals surface area contributed by atoms with Gasteiger partial charge in [-0.1, -0.05) is 24.3 Å². The van der Waals surface area contributed by atoms with Crippen LogP contribution >= 0.6 is 11.3 Å². The third-order valence-electron chi connectivity index (χ3n) is 4.81. The van der Waals surface area contributed by atoms with Crippen LogP contribution in [0.2, 0.25) is 0 Å². The van der Waals surface area contributed by atoms with E-state index in [1.54, 1.807) is 35.2 Å². The number of nitrogens with zero attached hydrogens (tertiary/aromatic N) is 1. The third-order valence-corrected chi connectivity index (χ3v) is 5.90. The van der Waals surface area contributed by atoms with Crippen LogP contribution in [0, 0.1) is 5.82 Å². The average Bonchev–Trinajstić information content (AvgIpc) is 3.32. The lowest BCUT2D eigenvalue weighted by Crippen LogP contribution is -2.36. The van der Waals surface area contributed by atoms with Crippen LogP contribution in [0.15, 0.2) is 48.5 Å². The second-order valence-corrected chi connectivity index (χ2v) is 7.80. The number of amides is 1. The Morgan fingerprint density at radius 3 is 2.85 bits per heavy atom. The van der Waals surface area contributed by atoms with Crippen molar-refractivity contribution in [2.75, 3.05) is 13.2 Å². The summed E-state index contributed by atoms with van der Waals surface area (Å²) >= 11 is 1.29. The Balaban J connectivity index is 1.64. The summed E-state index contributed by atoms with van der Waals surface area (Å²) in [4.78, 5) is 15.4. The van der Waals surface area contributed by atoms with Crippen LogP contribution in [0.1, 0.15) is 28.1 Å². The molecule has 0 spiro atoms. The third kappa shape index (κ3) is 3.82. The first kappa shape index (κ1) is 17.9. The maximum absolute atomic E-state index is 14.0. The first-order chi connectivity index (χ1) is 13.1. The van der Waals surface area contributed by atoms with Crippen LogP contribution in [-0.2, 0) is 11.3 Å². The highest BCUT2D eigenvalue weighted by Crippen LogP contribution is 2.30. The fraction of sp³-hybridized carbons (Fsp3) is 0.286. The van der Waals surface area contributed by atoms with Gasteiger partial charge in [0.1, 0.15) is 11.6 Å². The topological polar surface area (TPSA) is 49.8 Å². The van der Waals surface area contributed by atoms with E-state index in [9.17, 15) is 14.3 Å². The maximum Gasteiger partial charge on any atom is 0.264 e. The normalized spacial score (nSPS) is 16.7. The second-order valence-electron chi connectivity index (χ2n) is 6.71. The number of phenols is 1. The van der Waals surface area contributed by atoms with E-state index < -0.39 is 0 Å². The van der Waals surface area contributed by atoms with Gasteiger partial charge < -0.3 is 14.7 Å². The van der Waals surface area contributed by atoms with Crippen molar-refractivity contribution in [3.63, 3.8) is 0 Å². The Bertz CT molecular complexity index is 965. The van der Waals surface area contributed by atoms with E-state index in [0.29, 0.717) is 29.0 Å². The van der Waals surface area contributed by atoms with E-state index >= 15 is 0 Å². The molecule has 1 fully saturated rings. The molecular weight excluding hydrogens is 365 g/mol. The van der Waals surface area contributed by atoms with Gasteiger partial charge in [0, 0.05) is 35.3 Å². The van der Waals surface area contributed by atoms with Crippen molar-refractivity contribution in [3.05, 3.63) is 64.8 Å². The van der Waals surface area contributed by atoms with Gasteiger partial charge >= 0.3 is 0 Å². The molecule has 140 valence electrons. The molecule has 6 heteroatoms. The fourth-order valence-electron chi connectivity index (χ4n) is 3.39. The van der Waals surface area contributed by atoms with E-state index in [0.717, 1.165) is 17.5 Å². The Kier molecular flexibility index (Phi) is 5.09. The number of thiophene rings is 1. The Labute approximate surface area is 160 Å². The predicted octanol–water partition coefficient (Wildman–Crippen LogP) is 4.57. The highest BCUT2D eigenvalue weighted by molar-refractivity contribution is 7.20. The van der Waals surface area contributed by atoms with Gasteiger partial charge in [-0.2, -0.15) is 0 Å². The molecular formula is C21H20FNO3S. The molecule has 0 saturated carbocycles. The molecule has 0 aliphatic carbocycles. The highest BCUT2D eigenvalue weighted by atomic mass is 32.1. The molecule has 0 bridgehead atoms. The van der Waals surface area contributed by atoms with Gasteiger partial charge in [0.25, 0.3) is 5.91 Å². The summed E-state index contributed by atoms with van der Waals surface area (Å²) in [6.45, 7) is 1.43. The highest BCUT2D eigenvalue weighted by Gasteiger charge is 2.25. The molecule has 3 aromatic rings. The molecule has 1 saturated heterocycles. The quantitative estimate of drug-likeness (QED) is 0.700. The summed E-state index contributed by atoms with van der Waals surface area (Å²) in [6, 6.07) is 13.5. The van der Waals surface area contributed by atoms with Crippen LogP contribution in [0.5, 0.6) is 5.75 Å². The summed E-state index contributed by atoms with van der Waals surface area (Å²) in [5, 5.41) is 10.6. The minimum absolute atomic E-state index is 0.00841. The molecule has 2 heterocycles. The molecule has 4 rings (SSSR count). The van der Waals surface area contributed by atoms with Crippen molar-refractivity contribution >= 4 is 27.3 Å². The van der Waals surface area contributed by atoms with Gasteiger partial charge in [-0.3, -0.25) is 4.79 Å². The zero-order valence-electron chi connectivity index (χ0n) is 14.7. The maximum atomic E-state index is 14.0. The van der Waals surface area contributed by atoms with Crippen molar-refractivity contribution in [1.82, 2.24) is 4.90 Å². The minimum Gasteiger partial charge on any atom is -0.508 e. The van der Waals surface area contributed by atoms with E-state index in [4.69, 9.17) is 4.74 Å². The minimum atomic E-state index is -0.325. The number of phenolic OH excluding ortho intramolecular Hbond substituents is 1. The van der Waals surface area contributed by atoms with Crippen molar-refractivity contribution in [1.29, 1.82) is 0 Å². The largest absolute Gasteiger partial charge is 0.508 e. The number of carbonyl (C=O) groups excluding carboxylic acids is 1.